The lowest BCUT2D eigenvalue weighted by Gasteiger charge is -2.35. The molecule has 2 aliphatic rings. The van der Waals surface area contributed by atoms with Gasteiger partial charge in [0.2, 0.25) is 11.8 Å². The van der Waals surface area contributed by atoms with Crippen LogP contribution in [0.15, 0.2) is 0 Å². The largest absolute Gasteiger partial charge is 0.380 e. The summed E-state index contributed by atoms with van der Waals surface area (Å²) in [6, 6.07) is -0.126. The zero-order chi connectivity index (χ0) is 13.1. The summed E-state index contributed by atoms with van der Waals surface area (Å²) in [5.41, 5.74) is 0. The fraction of sp³-hybridized carbons (Fsp3) is 0.833. The van der Waals surface area contributed by atoms with E-state index in [4.69, 9.17) is 4.74 Å². The molecule has 0 aromatic carbocycles. The number of amides is 2. The van der Waals surface area contributed by atoms with Crippen LogP contribution >= 0.6 is 0 Å². The van der Waals surface area contributed by atoms with Crippen LogP contribution < -0.4 is 5.32 Å². The van der Waals surface area contributed by atoms with Gasteiger partial charge in [-0.2, -0.15) is 0 Å². The first-order valence-electron chi connectivity index (χ1n) is 6.42. The zero-order valence-corrected chi connectivity index (χ0v) is 11.0. The highest BCUT2D eigenvalue weighted by molar-refractivity contribution is 5.82. The first-order valence-corrected chi connectivity index (χ1v) is 6.42. The number of nitrogens with one attached hydrogen (secondary N) is 1. The van der Waals surface area contributed by atoms with Crippen molar-refractivity contribution < 1.29 is 14.3 Å². The number of ether oxygens (including phenoxy) is 1. The number of carbonyl (C=O) groups excluding carboxylic acids is 2. The Bertz CT molecular complexity index is 327. The van der Waals surface area contributed by atoms with Crippen LogP contribution in [0.1, 0.15) is 13.3 Å². The Morgan fingerprint density at radius 3 is 2.28 bits per heavy atom. The lowest BCUT2D eigenvalue weighted by Crippen LogP contribution is -2.53. The van der Waals surface area contributed by atoms with Crippen LogP contribution in [0, 0.1) is 0 Å². The van der Waals surface area contributed by atoms with Gasteiger partial charge in [-0.05, 0) is 6.42 Å². The van der Waals surface area contributed by atoms with Crippen molar-refractivity contribution in [1.29, 1.82) is 0 Å². The summed E-state index contributed by atoms with van der Waals surface area (Å²) in [4.78, 5) is 27.1. The monoisotopic (exact) mass is 255 g/mol. The SMILES string of the molecule is COC1CNC(C(=O)N2CCN(C(C)=O)CC2)C1. The Labute approximate surface area is 107 Å². The summed E-state index contributed by atoms with van der Waals surface area (Å²) < 4.78 is 5.24. The predicted octanol–water partition coefficient (Wildman–Crippen LogP) is -0.946. The molecule has 0 aliphatic carbocycles. The number of nitrogens with zero attached hydrogens (tertiary/aromatic N) is 2. The molecule has 0 aromatic heterocycles. The van der Waals surface area contributed by atoms with Crippen molar-refractivity contribution in [2.45, 2.75) is 25.5 Å². The molecule has 6 nitrogen and oxygen atoms in total. The first-order chi connectivity index (χ1) is 8.61. The minimum absolute atomic E-state index is 0.0838. The van der Waals surface area contributed by atoms with E-state index in [0.29, 0.717) is 26.2 Å². The van der Waals surface area contributed by atoms with Gasteiger partial charge in [-0.15, -0.1) is 0 Å². The maximum atomic E-state index is 12.2. The molecule has 2 saturated heterocycles. The number of hydrogen-bond acceptors (Lipinski definition) is 4. The van der Waals surface area contributed by atoms with Gasteiger partial charge in [-0.1, -0.05) is 0 Å². The lowest BCUT2D eigenvalue weighted by molar-refractivity contribution is -0.139. The van der Waals surface area contributed by atoms with E-state index in [-0.39, 0.29) is 24.0 Å². The van der Waals surface area contributed by atoms with Crippen molar-refractivity contribution in [3.63, 3.8) is 0 Å². The van der Waals surface area contributed by atoms with Gasteiger partial charge in [0.15, 0.2) is 0 Å². The molecule has 0 aromatic rings. The van der Waals surface area contributed by atoms with E-state index in [2.05, 4.69) is 5.32 Å². The van der Waals surface area contributed by atoms with Crippen LogP contribution in [-0.2, 0) is 14.3 Å². The molecule has 102 valence electrons. The van der Waals surface area contributed by atoms with Crippen LogP contribution in [0.2, 0.25) is 0 Å². The molecular weight excluding hydrogens is 234 g/mol. The molecule has 2 atom stereocenters. The van der Waals surface area contributed by atoms with Gasteiger partial charge in [0.1, 0.15) is 0 Å². The molecule has 1 N–H and O–H groups in total. The Hall–Kier alpha value is -1.14. The average molecular weight is 255 g/mol. The van der Waals surface area contributed by atoms with Crippen LogP contribution in [0.25, 0.3) is 0 Å². The molecule has 0 spiro atoms. The van der Waals surface area contributed by atoms with Crippen molar-refractivity contribution in [1.82, 2.24) is 15.1 Å². The normalized spacial score (nSPS) is 28.6. The highest BCUT2D eigenvalue weighted by Crippen LogP contribution is 2.13. The molecule has 2 unspecified atom stereocenters. The van der Waals surface area contributed by atoms with Gasteiger partial charge >= 0.3 is 0 Å². The molecule has 2 heterocycles. The van der Waals surface area contributed by atoms with Gasteiger partial charge in [0.05, 0.1) is 12.1 Å². The average Bonchev–Trinajstić information content (AvgIpc) is 2.86. The van der Waals surface area contributed by atoms with Crippen molar-refractivity contribution in [2.75, 3.05) is 39.8 Å². The Morgan fingerprint density at radius 2 is 1.78 bits per heavy atom. The second-order valence-corrected chi connectivity index (χ2v) is 4.89. The van der Waals surface area contributed by atoms with Crippen LogP contribution in [-0.4, -0.2) is 73.6 Å². The molecule has 2 rings (SSSR count). The number of rotatable bonds is 2. The second-order valence-electron chi connectivity index (χ2n) is 4.89. The number of piperazine rings is 1. The van der Waals surface area contributed by atoms with E-state index < -0.39 is 0 Å². The maximum Gasteiger partial charge on any atom is 0.239 e. The molecule has 18 heavy (non-hydrogen) atoms. The molecule has 2 fully saturated rings. The highest BCUT2D eigenvalue weighted by Gasteiger charge is 2.33. The fourth-order valence-electron chi connectivity index (χ4n) is 2.53. The van der Waals surface area contributed by atoms with Crippen LogP contribution in [0.4, 0.5) is 0 Å². The number of methoxy groups -OCH3 is 1. The standard InChI is InChI=1S/C12H21N3O3/c1-9(16)14-3-5-15(6-4-14)12(17)11-7-10(18-2)8-13-11/h10-11,13H,3-8H2,1-2H3. The van der Waals surface area contributed by atoms with E-state index in [0.717, 1.165) is 13.0 Å². The third kappa shape index (κ3) is 2.81. The topological polar surface area (TPSA) is 61.9 Å². The summed E-state index contributed by atoms with van der Waals surface area (Å²) in [6.45, 7) is 4.85. The molecule has 0 radical (unpaired) electrons. The second kappa shape index (κ2) is 5.67. The smallest absolute Gasteiger partial charge is 0.239 e. The van der Waals surface area contributed by atoms with Gasteiger partial charge in [0.25, 0.3) is 0 Å². The fourth-order valence-corrected chi connectivity index (χ4v) is 2.53. The molecule has 2 aliphatic heterocycles. The van der Waals surface area contributed by atoms with Crippen LogP contribution in [0.5, 0.6) is 0 Å². The van der Waals surface area contributed by atoms with E-state index in [1.807, 2.05) is 4.90 Å². The predicted molar refractivity (Wildman–Crippen MR) is 66.0 cm³/mol. The van der Waals surface area contributed by atoms with Gasteiger partial charge in [-0.25, -0.2) is 0 Å². The van der Waals surface area contributed by atoms with Gasteiger partial charge < -0.3 is 19.9 Å². The van der Waals surface area contributed by atoms with E-state index >= 15 is 0 Å². The van der Waals surface area contributed by atoms with Crippen molar-refractivity contribution in [2.24, 2.45) is 0 Å². The van der Waals surface area contributed by atoms with Crippen molar-refractivity contribution in [3.8, 4) is 0 Å². The van der Waals surface area contributed by atoms with E-state index in [1.165, 1.54) is 0 Å². The highest BCUT2D eigenvalue weighted by atomic mass is 16.5. The summed E-state index contributed by atoms with van der Waals surface area (Å²) in [5.74, 6) is 0.221. The third-order valence-corrected chi connectivity index (χ3v) is 3.76. The third-order valence-electron chi connectivity index (χ3n) is 3.76. The van der Waals surface area contributed by atoms with E-state index in [9.17, 15) is 9.59 Å². The quantitative estimate of drug-likeness (QED) is 0.691. The Kier molecular flexibility index (Phi) is 4.19. The summed E-state index contributed by atoms with van der Waals surface area (Å²) in [5, 5.41) is 3.19. The maximum absolute atomic E-state index is 12.2. The lowest BCUT2D eigenvalue weighted by atomic mass is 10.1. The van der Waals surface area contributed by atoms with Gasteiger partial charge in [0, 0.05) is 46.8 Å². The van der Waals surface area contributed by atoms with Crippen molar-refractivity contribution >= 4 is 11.8 Å². The minimum atomic E-state index is -0.126. The summed E-state index contributed by atoms with van der Waals surface area (Å²) >= 11 is 0. The first kappa shape index (κ1) is 13.3. The summed E-state index contributed by atoms with van der Waals surface area (Å²) in [7, 11) is 1.67. The van der Waals surface area contributed by atoms with E-state index in [1.54, 1.807) is 18.9 Å². The molecule has 0 bridgehead atoms. The molecule has 6 heteroatoms. The molecule has 2 amide bonds. The number of carbonyl (C=O) groups is 2. The minimum Gasteiger partial charge on any atom is -0.380 e. The van der Waals surface area contributed by atoms with Crippen molar-refractivity contribution in [3.05, 3.63) is 0 Å². The van der Waals surface area contributed by atoms with Crippen LogP contribution in [0.3, 0.4) is 0 Å². The summed E-state index contributed by atoms with van der Waals surface area (Å²) in [6.07, 6.45) is 0.875. The number of hydrogen-bond donors (Lipinski definition) is 1. The Morgan fingerprint density at radius 1 is 1.17 bits per heavy atom. The zero-order valence-electron chi connectivity index (χ0n) is 11.0. The van der Waals surface area contributed by atoms with Gasteiger partial charge in [-0.3, -0.25) is 9.59 Å². The molecular formula is C12H21N3O3. The Balaban J connectivity index is 1.83. The molecule has 0 saturated carbocycles.